The van der Waals surface area contributed by atoms with Gasteiger partial charge >= 0.3 is 0 Å². The fourth-order valence-corrected chi connectivity index (χ4v) is 1.61. The van der Waals surface area contributed by atoms with E-state index in [1.54, 1.807) is 12.1 Å². The number of nitrogens with one attached hydrogen (secondary N) is 1. The number of benzene rings is 1. The second-order valence-electron chi connectivity index (χ2n) is 3.54. The molecule has 0 bridgehead atoms. The Balaban J connectivity index is 2.68. The standard InChI is InChI=1S/C12H18FN/c1-3-4-8-12(14-2)10-6-5-7-11(13)9-10/h5-7,9,12,14H,3-4,8H2,1-2H3. The Morgan fingerprint density at radius 3 is 2.79 bits per heavy atom. The van der Waals surface area contributed by atoms with Gasteiger partial charge in [0.2, 0.25) is 0 Å². The van der Waals surface area contributed by atoms with Crippen LogP contribution in [0, 0.1) is 5.82 Å². The molecule has 0 saturated heterocycles. The summed E-state index contributed by atoms with van der Waals surface area (Å²) in [6, 6.07) is 7.11. The zero-order valence-corrected chi connectivity index (χ0v) is 8.89. The van der Waals surface area contributed by atoms with Gasteiger partial charge in [0, 0.05) is 6.04 Å². The first-order valence-electron chi connectivity index (χ1n) is 5.20. The monoisotopic (exact) mass is 195 g/mol. The maximum Gasteiger partial charge on any atom is 0.123 e. The van der Waals surface area contributed by atoms with Crippen LogP contribution in [-0.4, -0.2) is 7.05 Å². The fraction of sp³-hybridized carbons (Fsp3) is 0.500. The molecule has 0 aliphatic heterocycles. The Labute approximate surface area is 85.3 Å². The fourth-order valence-electron chi connectivity index (χ4n) is 1.61. The van der Waals surface area contributed by atoms with Gasteiger partial charge in [-0.25, -0.2) is 4.39 Å². The Morgan fingerprint density at radius 2 is 2.21 bits per heavy atom. The van der Waals surface area contributed by atoms with E-state index >= 15 is 0 Å². The maximum atomic E-state index is 13.0. The molecule has 1 aromatic rings. The third kappa shape index (κ3) is 3.11. The molecular weight excluding hydrogens is 177 g/mol. The van der Waals surface area contributed by atoms with Crippen molar-refractivity contribution in [3.63, 3.8) is 0 Å². The van der Waals surface area contributed by atoms with Gasteiger partial charge in [-0.2, -0.15) is 0 Å². The molecule has 0 aliphatic rings. The summed E-state index contributed by atoms with van der Waals surface area (Å²) >= 11 is 0. The highest BCUT2D eigenvalue weighted by Crippen LogP contribution is 2.19. The molecule has 14 heavy (non-hydrogen) atoms. The van der Waals surface area contributed by atoms with E-state index in [1.165, 1.54) is 18.9 Å². The third-order valence-electron chi connectivity index (χ3n) is 2.45. The highest BCUT2D eigenvalue weighted by atomic mass is 19.1. The lowest BCUT2D eigenvalue weighted by Gasteiger charge is -2.16. The van der Waals surface area contributed by atoms with Crippen LogP contribution in [0.3, 0.4) is 0 Å². The lowest BCUT2D eigenvalue weighted by molar-refractivity contribution is 0.518. The van der Waals surface area contributed by atoms with Gasteiger partial charge in [-0.3, -0.25) is 0 Å². The Kier molecular flexibility index (Phi) is 4.60. The van der Waals surface area contributed by atoms with Gasteiger partial charge in [-0.05, 0) is 31.2 Å². The molecule has 0 heterocycles. The second kappa shape index (κ2) is 5.76. The first-order chi connectivity index (χ1) is 6.77. The predicted octanol–water partition coefficient (Wildman–Crippen LogP) is 3.28. The summed E-state index contributed by atoms with van der Waals surface area (Å²) < 4.78 is 13.0. The van der Waals surface area contributed by atoms with Crippen LogP contribution < -0.4 is 5.32 Å². The number of unbranched alkanes of at least 4 members (excludes halogenated alkanes) is 1. The number of rotatable bonds is 5. The summed E-state index contributed by atoms with van der Waals surface area (Å²) in [5.41, 5.74) is 1.04. The van der Waals surface area contributed by atoms with Crippen LogP contribution in [-0.2, 0) is 0 Å². The molecule has 1 N–H and O–H groups in total. The average Bonchev–Trinajstić information content (AvgIpc) is 2.19. The van der Waals surface area contributed by atoms with E-state index in [4.69, 9.17) is 0 Å². The van der Waals surface area contributed by atoms with Gasteiger partial charge in [0.25, 0.3) is 0 Å². The molecule has 1 nitrogen and oxygen atoms in total. The molecule has 0 fully saturated rings. The quantitative estimate of drug-likeness (QED) is 0.760. The van der Waals surface area contributed by atoms with E-state index in [-0.39, 0.29) is 11.9 Å². The van der Waals surface area contributed by atoms with E-state index in [0.29, 0.717) is 0 Å². The van der Waals surface area contributed by atoms with Crippen molar-refractivity contribution in [3.05, 3.63) is 35.6 Å². The Hall–Kier alpha value is -0.890. The van der Waals surface area contributed by atoms with Crippen molar-refractivity contribution in [2.75, 3.05) is 7.05 Å². The largest absolute Gasteiger partial charge is 0.313 e. The summed E-state index contributed by atoms with van der Waals surface area (Å²) in [6.07, 6.45) is 3.41. The van der Waals surface area contributed by atoms with Crippen LogP contribution >= 0.6 is 0 Å². The van der Waals surface area contributed by atoms with Crippen molar-refractivity contribution < 1.29 is 4.39 Å². The van der Waals surface area contributed by atoms with E-state index in [0.717, 1.165) is 12.0 Å². The van der Waals surface area contributed by atoms with E-state index in [9.17, 15) is 4.39 Å². The number of hydrogen-bond donors (Lipinski definition) is 1. The summed E-state index contributed by atoms with van der Waals surface area (Å²) in [7, 11) is 1.92. The molecule has 0 saturated carbocycles. The lowest BCUT2D eigenvalue weighted by Crippen LogP contribution is -2.16. The minimum atomic E-state index is -0.153. The maximum absolute atomic E-state index is 13.0. The van der Waals surface area contributed by atoms with Gasteiger partial charge in [-0.15, -0.1) is 0 Å². The SMILES string of the molecule is CCCCC(NC)c1cccc(F)c1. The van der Waals surface area contributed by atoms with Gasteiger partial charge < -0.3 is 5.32 Å². The Morgan fingerprint density at radius 1 is 1.43 bits per heavy atom. The van der Waals surface area contributed by atoms with Crippen LogP contribution in [0.1, 0.15) is 37.8 Å². The summed E-state index contributed by atoms with van der Waals surface area (Å²) in [5.74, 6) is -0.153. The smallest absolute Gasteiger partial charge is 0.123 e. The van der Waals surface area contributed by atoms with Crippen LogP contribution in [0.25, 0.3) is 0 Å². The molecule has 1 rings (SSSR count). The van der Waals surface area contributed by atoms with Crippen molar-refractivity contribution >= 4 is 0 Å². The third-order valence-corrected chi connectivity index (χ3v) is 2.45. The number of hydrogen-bond acceptors (Lipinski definition) is 1. The molecule has 0 radical (unpaired) electrons. The zero-order valence-electron chi connectivity index (χ0n) is 8.89. The highest BCUT2D eigenvalue weighted by Gasteiger charge is 2.08. The van der Waals surface area contributed by atoms with Gasteiger partial charge in [0.15, 0.2) is 0 Å². The molecule has 1 atom stereocenters. The molecule has 0 spiro atoms. The predicted molar refractivity (Wildman–Crippen MR) is 57.7 cm³/mol. The van der Waals surface area contributed by atoms with Crippen LogP contribution in [0.5, 0.6) is 0 Å². The highest BCUT2D eigenvalue weighted by molar-refractivity contribution is 5.19. The van der Waals surface area contributed by atoms with E-state index in [1.807, 2.05) is 13.1 Å². The average molecular weight is 195 g/mol. The van der Waals surface area contributed by atoms with Crippen LogP contribution in [0.15, 0.2) is 24.3 Å². The Bertz CT molecular complexity index is 273. The van der Waals surface area contributed by atoms with Crippen molar-refractivity contribution in [1.82, 2.24) is 5.32 Å². The van der Waals surface area contributed by atoms with Gasteiger partial charge in [0.05, 0.1) is 0 Å². The first-order valence-corrected chi connectivity index (χ1v) is 5.20. The lowest BCUT2D eigenvalue weighted by atomic mass is 10.0. The van der Waals surface area contributed by atoms with Crippen molar-refractivity contribution in [1.29, 1.82) is 0 Å². The molecular formula is C12H18FN. The van der Waals surface area contributed by atoms with Crippen molar-refractivity contribution in [2.24, 2.45) is 0 Å². The second-order valence-corrected chi connectivity index (χ2v) is 3.54. The topological polar surface area (TPSA) is 12.0 Å². The van der Waals surface area contributed by atoms with Crippen molar-refractivity contribution in [3.8, 4) is 0 Å². The van der Waals surface area contributed by atoms with Gasteiger partial charge in [0.1, 0.15) is 5.82 Å². The molecule has 78 valence electrons. The summed E-state index contributed by atoms with van der Waals surface area (Å²) in [4.78, 5) is 0. The summed E-state index contributed by atoms with van der Waals surface area (Å²) in [6.45, 7) is 2.16. The van der Waals surface area contributed by atoms with Crippen LogP contribution in [0.4, 0.5) is 4.39 Å². The van der Waals surface area contributed by atoms with E-state index < -0.39 is 0 Å². The van der Waals surface area contributed by atoms with E-state index in [2.05, 4.69) is 12.2 Å². The molecule has 1 aromatic carbocycles. The van der Waals surface area contributed by atoms with Crippen LogP contribution in [0.2, 0.25) is 0 Å². The normalized spacial score (nSPS) is 12.8. The first kappa shape index (κ1) is 11.2. The molecule has 0 amide bonds. The minimum absolute atomic E-state index is 0.153. The van der Waals surface area contributed by atoms with Gasteiger partial charge in [-0.1, -0.05) is 31.9 Å². The molecule has 2 heteroatoms. The minimum Gasteiger partial charge on any atom is -0.313 e. The molecule has 1 unspecified atom stereocenters. The molecule has 0 aromatic heterocycles. The van der Waals surface area contributed by atoms with Crippen molar-refractivity contribution in [2.45, 2.75) is 32.2 Å². The number of halogens is 1. The zero-order chi connectivity index (χ0) is 10.4. The molecule has 0 aliphatic carbocycles. The summed E-state index contributed by atoms with van der Waals surface area (Å²) in [5, 5.41) is 3.21.